The summed E-state index contributed by atoms with van der Waals surface area (Å²) in [5.41, 5.74) is 6.94. The molecule has 3 nitrogen and oxygen atoms in total. The molecule has 1 fully saturated rings. The smallest absolute Gasteiger partial charge is 0.123 e. The van der Waals surface area contributed by atoms with Crippen LogP contribution in [-0.4, -0.2) is 18.2 Å². The second kappa shape index (κ2) is 5.12. The first-order chi connectivity index (χ1) is 7.34. The molecular formula is C12H18N2O. The minimum atomic E-state index is 0.625. The average molecular weight is 206 g/mol. The lowest BCUT2D eigenvalue weighted by atomic mass is 9.93. The van der Waals surface area contributed by atoms with Crippen molar-refractivity contribution >= 4 is 5.82 Å². The van der Waals surface area contributed by atoms with Crippen molar-refractivity contribution in [1.82, 2.24) is 4.98 Å². The number of ether oxygens (including phenoxy) is 1. The molecule has 82 valence electrons. The molecule has 0 amide bonds. The quantitative estimate of drug-likeness (QED) is 0.823. The van der Waals surface area contributed by atoms with Crippen molar-refractivity contribution in [3.05, 3.63) is 23.9 Å². The fourth-order valence-corrected chi connectivity index (χ4v) is 2.06. The number of nitrogen functional groups attached to an aromatic ring is 1. The molecule has 0 radical (unpaired) electrons. The third kappa shape index (κ3) is 3.20. The normalized spacial score (nSPS) is 17.9. The first kappa shape index (κ1) is 10.4. The van der Waals surface area contributed by atoms with E-state index in [1.807, 2.05) is 6.07 Å². The lowest BCUT2D eigenvalue weighted by molar-refractivity contribution is 0.0640. The van der Waals surface area contributed by atoms with E-state index in [4.69, 9.17) is 10.5 Å². The van der Waals surface area contributed by atoms with Gasteiger partial charge in [0.2, 0.25) is 0 Å². The summed E-state index contributed by atoms with van der Waals surface area (Å²) >= 11 is 0. The van der Waals surface area contributed by atoms with Gasteiger partial charge in [0.15, 0.2) is 0 Å². The standard InChI is InChI=1S/C12H18N2O/c13-12-9-11(3-6-14-12)2-1-10-4-7-15-8-5-10/h3,6,9-10H,1-2,4-5,7-8H2,(H2,13,14). The van der Waals surface area contributed by atoms with Crippen LogP contribution in [0.1, 0.15) is 24.8 Å². The van der Waals surface area contributed by atoms with Crippen LogP contribution < -0.4 is 5.73 Å². The topological polar surface area (TPSA) is 48.1 Å². The molecule has 0 aromatic carbocycles. The third-order valence-corrected chi connectivity index (χ3v) is 3.03. The predicted octanol–water partition coefficient (Wildman–Crippen LogP) is 2.02. The SMILES string of the molecule is Nc1cc(CCC2CCOCC2)ccn1. The van der Waals surface area contributed by atoms with E-state index >= 15 is 0 Å². The number of pyridine rings is 1. The van der Waals surface area contributed by atoms with Crippen molar-refractivity contribution in [2.24, 2.45) is 5.92 Å². The summed E-state index contributed by atoms with van der Waals surface area (Å²) in [7, 11) is 0. The molecule has 2 rings (SSSR count). The molecule has 1 aromatic rings. The first-order valence-corrected chi connectivity index (χ1v) is 5.63. The maximum atomic E-state index is 5.64. The van der Waals surface area contributed by atoms with Gasteiger partial charge in [0.1, 0.15) is 5.82 Å². The maximum absolute atomic E-state index is 5.64. The predicted molar refractivity (Wildman–Crippen MR) is 60.5 cm³/mol. The molecule has 2 heterocycles. The van der Waals surface area contributed by atoms with Gasteiger partial charge in [-0.3, -0.25) is 0 Å². The Hall–Kier alpha value is -1.09. The highest BCUT2D eigenvalue weighted by Crippen LogP contribution is 2.20. The van der Waals surface area contributed by atoms with Crippen molar-refractivity contribution in [3.8, 4) is 0 Å². The van der Waals surface area contributed by atoms with E-state index in [0.29, 0.717) is 5.82 Å². The van der Waals surface area contributed by atoms with E-state index in [-0.39, 0.29) is 0 Å². The van der Waals surface area contributed by atoms with Crippen molar-refractivity contribution in [2.45, 2.75) is 25.7 Å². The molecule has 0 bridgehead atoms. The van der Waals surface area contributed by atoms with E-state index in [2.05, 4.69) is 11.1 Å². The second-order valence-corrected chi connectivity index (χ2v) is 4.18. The highest BCUT2D eigenvalue weighted by atomic mass is 16.5. The Morgan fingerprint density at radius 1 is 1.40 bits per heavy atom. The minimum Gasteiger partial charge on any atom is -0.384 e. The van der Waals surface area contributed by atoms with Gasteiger partial charge < -0.3 is 10.5 Å². The van der Waals surface area contributed by atoms with Gasteiger partial charge >= 0.3 is 0 Å². The zero-order chi connectivity index (χ0) is 10.5. The van der Waals surface area contributed by atoms with Crippen LogP contribution in [0, 0.1) is 5.92 Å². The van der Waals surface area contributed by atoms with Crippen molar-refractivity contribution < 1.29 is 4.74 Å². The molecule has 1 saturated heterocycles. The molecule has 0 aliphatic carbocycles. The van der Waals surface area contributed by atoms with Gasteiger partial charge in [-0.05, 0) is 49.3 Å². The first-order valence-electron chi connectivity index (χ1n) is 5.63. The molecule has 2 N–H and O–H groups in total. The van der Waals surface area contributed by atoms with E-state index in [9.17, 15) is 0 Å². The van der Waals surface area contributed by atoms with Crippen LogP contribution in [0.15, 0.2) is 18.3 Å². The Morgan fingerprint density at radius 3 is 2.93 bits per heavy atom. The van der Waals surface area contributed by atoms with Gasteiger partial charge in [0.05, 0.1) is 0 Å². The number of hydrogen-bond donors (Lipinski definition) is 1. The molecule has 1 aromatic heterocycles. The number of aryl methyl sites for hydroxylation is 1. The van der Waals surface area contributed by atoms with E-state index in [0.717, 1.165) is 25.6 Å². The Morgan fingerprint density at radius 2 is 2.20 bits per heavy atom. The number of nitrogens with two attached hydrogens (primary N) is 1. The summed E-state index contributed by atoms with van der Waals surface area (Å²) in [4.78, 5) is 3.99. The van der Waals surface area contributed by atoms with Crippen LogP contribution in [0.4, 0.5) is 5.82 Å². The van der Waals surface area contributed by atoms with Crippen LogP contribution in [0.3, 0.4) is 0 Å². The summed E-state index contributed by atoms with van der Waals surface area (Å²) in [5.74, 6) is 1.45. The number of nitrogens with zero attached hydrogens (tertiary/aromatic N) is 1. The number of aromatic nitrogens is 1. The van der Waals surface area contributed by atoms with Crippen molar-refractivity contribution in [3.63, 3.8) is 0 Å². The molecule has 0 atom stereocenters. The highest BCUT2D eigenvalue weighted by Gasteiger charge is 2.13. The van der Waals surface area contributed by atoms with Gasteiger partial charge in [0.25, 0.3) is 0 Å². The average Bonchev–Trinajstić information content (AvgIpc) is 2.28. The van der Waals surface area contributed by atoms with E-state index in [1.165, 1.54) is 24.8 Å². The summed E-state index contributed by atoms with van der Waals surface area (Å²) in [6, 6.07) is 4.02. The zero-order valence-electron chi connectivity index (χ0n) is 8.98. The molecule has 3 heteroatoms. The number of anilines is 1. The summed E-state index contributed by atoms with van der Waals surface area (Å²) in [5, 5.41) is 0. The Labute approximate surface area is 90.7 Å². The molecule has 15 heavy (non-hydrogen) atoms. The van der Waals surface area contributed by atoms with Crippen LogP contribution in [0.2, 0.25) is 0 Å². The Kier molecular flexibility index (Phi) is 3.56. The molecular weight excluding hydrogens is 188 g/mol. The third-order valence-electron chi connectivity index (χ3n) is 3.03. The molecule has 1 aliphatic heterocycles. The largest absolute Gasteiger partial charge is 0.384 e. The van der Waals surface area contributed by atoms with Crippen LogP contribution >= 0.6 is 0 Å². The lowest BCUT2D eigenvalue weighted by Gasteiger charge is -2.21. The summed E-state index contributed by atoms with van der Waals surface area (Å²) in [6.45, 7) is 1.87. The lowest BCUT2D eigenvalue weighted by Crippen LogP contribution is -2.16. The van der Waals surface area contributed by atoms with Crippen LogP contribution in [0.25, 0.3) is 0 Å². The van der Waals surface area contributed by atoms with Gasteiger partial charge in [0, 0.05) is 19.4 Å². The van der Waals surface area contributed by atoms with Gasteiger partial charge in [-0.1, -0.05) is 0 Å². The van der Waals surface area contributed by atoms with Crippen molar-refractivity contribution in [1.29, 1.82) is 0 Å². The number of rotatable bonds is 3. The minimum absolute atomic E-state index is 0.625. The van der Waals surface area contributed by atoms with E-state index in [1.54, 1.807) is 6.20 Å². The van der Waals surface area contributed by atoms with E-state index < -0.39 is 0 Å². The maximum Gasteiger partial charge on any atom is 0.123 e. The van der Waals surface area contributed by atoms with Crippen LogP contribution in [-0.2, 0) is 11.2 Å². The Balaban J connectivity index is 1.81. The van der Waals surface area contributed by atoms with Crippen LogP contribution in [0.5, 0.6) is 0 Å². The fraction of sp³-hybridized carbons (Fsp3) is 0.583. The number of hydrogen-bond acceptors (Lipinski definition) is 3. The second-order valence-electron chi connectivity index (χ2n) is 4.18. The van der Waals surface area contributed by atoms with Gasteiger partial charge in [-0.25, -0.2) is 4.98 Å². The monoisotopic (exact) mass is 206 g/mol. The Bertz CT molecular complexity index is 308. The highest BCUT2D eigenvalue weighted by molar-refractivity contribution is 5.31. The summed E-state index contributed by atoms with van der Waals surface area (Å²) in [6.07, 6.45) is 6.56. The van der Waals surface area contributed by atoms with Crippen molar-refractivity contribution in [2.75, 3.05) is 18.9 Å². The molecule has 0 saturated carbocycles. The molecule has 0 unspecified atom stereocenters. The van der Waals surface area contributed by atoms with Gasteiger partial charge in [-0.2, -0.15) is 0 Å². The fourth-order valence-electron chi connectivity index (χ4n) is 2.06. The zero-order valence-corrected chi connectivity index (χ0v) is 8.98. The molecule has 0 spiro atoms. The summed E-state index contributed by atoms with van der Waals surface area (Å²) < 4.78 is 5.34. The molecule has 1 aliphatic rings. The van der Waals surface area contributed by atoms with Gasteiger partial charge in [-0.15, -0.1) is 0 Å².